The number of anilines is 2. The third kappa shape index (κ3) is 3.11. The molecule has 2 aromatic rings. The Morgan fingerprint density at radius 1 is 1.47 bits per heavy atom. The first-order valence-electron chi connectivity index (χ1n) is 5.35. The lowest BCUT2D eigenvalue weighted by Gasteiger charge is -2.10. The molecule has 0 unspecified atom stereocenters. The molecule has 0 fully saturated rings. The molecule has 0 aliphatic carbocycles. The molecule has 0 bridgehead atoms. The fraction of sp³-hybridized carbons (Fsp3) is 0.250. The molecule has 90 valence electrons. The van der Waals surface area contributed by atoms with E-state index in [2.05, 4.69) is 15.7 Å². The molecule has 2 rings (SSSR count). The van der Waals surface area contributed by atoms with Crippen LogP contribution in [0, 0.1) is 6.92 Å². The van der Waals surface area contributed by atoms with Gasteiger partial charge in [0.05, 0.1) is 21.4 Å². The van der Waals surface area contributed by atoms with Gasteiger partial charge in [-0.2, -0.15) is 0 Å². The summed E-state index contributed by atoms with van der Waals surface area (Å²) in [5.74, 6) is 0. The van der Waals surface area contributed by atoms with Gasteiger partial charge >= 0.3 is 0 Å². The van der Waals surface area contributed by atoms with Crippen LogP contribution < -0.4 is 11.1 Å². The molecule has 0 aliphatic rings. The maximum absolute atomic E-state index is 6.06. The third-order valence-corrected chi connectivity index (χ3v) is 3.69. The van der Waals surface area contributed by atoms with Gasteiger partial charge in [0.15, 0.2) is 0 Å². The molecule has 3 N–H and O–H groups in total. The lowest BCUT2D eigenvalue weighted by molar-refractivity contribution is 0.987. The summed E-state index contributed by atoms with van der Waals surface area (Å²) in [4.78, 5) is 4.40. The van der Waals surface area contributed by atoms with E-state index in [0.29, 0.717) is 10.7 Å². The summed E-state index contributed by atoms with van der Waals surface area (Å²) in [7, 11) is 0. The number of thiazole rings is 1. The molecule has 1 heterocycles. The van der Waals surface area contributed by atoms with Crippen molar-refractivity contribution in [3.05, 3.63) is 39.3 Å². The van der Waals surface area contributed by atoms with E-state index in [1.165, 1.54) is 0 Å². The molecule has 3 nitrogen and oxygen atoms in total. The maximum atomic E-state index is 6.06. The molecule has 17 heavy (non-hydrogen) atoms. The van der Waals surface area contributed by atoms with Crippen LogP contribution in [0.4, 0.5) is 11.4 Å². The minimum Gasteiger partial charge on any atom is -0.397 e. The van der Waals surface area contributed by atoms with Gasteiger partial charge in [0.2, 0.25) is 0 Å². The van der Waals surface area contributed by atoms with Gasteiger partial charge in [-0.05, 0) is 19.1 Å². The zero-order chi connectivity index (χ0) is 12.3. The Morgan fingerprint density at radius 2 is 2.29 bits per heavy atom. The van der Waals surface area contributed by atoms with Gasteiger partial charge in [-0.1, -0.05) is 17.7 Å². The number of aryl methyl sites for hydroxylation is 1. The van der Waals surface area contributed by atoms with E-state index < -0.39 is 0 Å². The number of nitrogens with zero attached hydrogens (tertiary/aromatic N) is 1. The Kier molecular flexibility index (Phi) is 3.86. The Labute approximate surface area is 110 Å². The predicted molar refractivity (Wildman–Crippen MR) is 74.9 cm³/mol. The van der Waals surface area contributed by atoms with Gasteiger partial charge in [0.1, 0.15) is 0 Å². The Bertz CT molecular complexity index is 490. The molecular weight excluding hydrogens is 254 g/mol. The van der Waals surface area contributed by atoms with Gasteiger partial charge in [0, 0.05) is 24.0 Å². The summed E-state index contributed by atoms with van der Waals surface area (Å²) in [6.45, 7) is 2.78. The fourth-order valence-electron chi connectivity index (χ4n) is 1.54. The quantitative estimate of drug-likeness (QED) is 0.836. The van der Waals surface area contributed by atoms with Crippen molar-refractivity contribution in [1.29, 1.82) is 0 Å². The lowest BCUT2D eigenvalue weighted by atomic mass is 10.2. The van der Waals surface area contributed by atoms with E-state index in [9.17, 15) is 0 Å². The number of benzene rings is 1. The molecule has 0 atom stereocenters. The van der Waals surface area contributed by atoms with Crippen LogP contribution in [0.1, 0.15) is 10.7 Å². The molecule has 1 aromatic carbocycles. The summed E-state index contributed by atoms with van der Waals surface area (Å²) >= 11 is 7.74. The zero-order valence-electron chi connectivity index (χ0n) is 9.53. The Hall–Kier alpha value is -1.26. The number of hydrogen-bond acceptors (Lipinski definition) is 4. The van der Waals surface area contributed by atoms with Crippen LogP contribution in [0.2, 0.25) is 5.02 Å². The lowest BCUT2D eigenvalue weighted by Crippen LogP contribution is -2.07. The number of nitrogens with one attached hydrogen (secondary N) is 1. The second kappa shape index (κ2) is 5.38. The smallest absolute Gasteiger partial charge is 0.0945 e. The Morgan fingerprint density at radius 3 is 2.94 bits per heavy atom. The number of nitrogens with two attached hydrogens (primary N) is 1. The van der Waals surface area contributed by atoms with Crippen LogP contribution in [0.25, 0.3) is 0 Å². The van der Waals surface area contributed by atoms with E-state index in [1.54, 1.807) is 11.3 Å². The third-order valence-electron chi connectivity index (χ3n) is 2.35. The van der Waals surface area contributed by atoms with Crippen molar-refractivity contribution in [2.45, 2.75) is 13.3 Å². The van der Waals surface area contributed by atoms with E-state index in [-0.39, 0.29) is 0 Å². The van der Waals surface area contributed by atoms with Crippen LogP contribution >= 0.6 is 22.9 Å². The van der Waals surface area contributed by atoms with Crippen molar-refractivity contribution in [3.63, 3.8) is 0 Å². The number of rotatable bonds is 4. The molecule has 0 radical (unpaired) electrons. The minimum absolute atomic E-state index is 0.653. The molecule has 0 spiro atoms. The van der Waals surface area contributed by atoms with Crippen LogP contribution in [0.3, 0.4) is 0 Å². The monoisotopic (exact) mass is 267 g/mol. The first kappa shape index (κ1) is 12.2. The predicted octanol–water partition coefficient (Wildman–Crippen LogP) is 3.34. The number of aromatic nitrogens is 1. The Balaban J connectivity index is 1.94. The summed E-state index contributed by atoms with van der Waals surface area (Å²) < 4.78 is 0. The van der Waals surface area contributed by atoms with Crippen LogP contribution in [0.5, 0.6) is 0 Å². The summed E-state index contributed by atoms with van der Waals surface area (Å²) in [6, 6.07) is 5.50. The summed E-state index contributed by atoms with van der Waals surface area (Å²) in [5.41, 5.74) is 8.40. The SMILES string of the molecule is Cc1csc(CCNc2c(N)cccc2Cl)n1. The molecule has 5 heteroatoms. The second-order valence-electron chi connectivity index (χ2n) is 3.76. The van der Waals surface area contributed by atoms with Crippen LogP contribution in [0.15, 0.2) is 23.6 Å². The van der Waals surface area contributed by atoms with Crippen LogP contribution in [-0.4, -0.2) is 11.5 Å². The minimum atomic E-state index is 0.653. The molecule has 0 aliphatic heterocycles. The van der Waals surface area contributed by atoms with Gasteiger partial charge in [-0.25, -0.2) is 4.98 Å². The summed E-state index contributed by atoms with van der Waals surface area (Å²) in [6.07, 6.45) is 0.878. The zero-order valence-corrected chi connectivity index (χ0v) is 11.1. The normalized spacial score (nSPS) is 10.5. The van der Waals surface area contributed by atoms with E-state index in [1.807, 2.05) is 25.1 Å². The maximum Gasteiger partial charge on any atom is 0.0945 e. The van der Waals surface area contributed by atoms with Gasteiger partial charge in [-0.15, -0.1) is 11.3 Å². The number of para-hydroxylation sites is 1. The van der Waals surface area contributed by atoms with E-state index in [4.69, 9.17) is 17.3 Å². The van der Waals surface area contributed by atoms with Crippen molar-refractivity contribution in [1.82, 2.24) is 4.98 Å². The van der Waals surface area contributed by atoms with Gasteiger partial charge < -0.3 is 11.1 Å². The van der Waals surface area contributed by atoms with E-state index >= 15 is 0 Å². The van der Waals surface area contributed by atoms with E-state index in [0.717, 1.165) is 29.4 Å². The molecule has 1 aromatic heterocycles. The first-order chi connectivity index (χ1) is 8.16. The highest BCUT2D eigenvalue weighted by Crippen LogP contribution is 2.27. The largest absolute Gasteiger partial charge is 0.397 e. The molecule has 0 amide bonds. The van der Waals surface area contributed by atoms with Crippen molar-refractivity contribution >= 4 is 34.3 Å². The second-order valence-corrected chi connectivity index (χ2v) is 5.11. The standard InChI is InChI=1S/C12H14ClN3S/c1-8-7-17-11(16-8)5-6-15-12-9(13)3-2-4-10(12)14/h2-4,7,15H,5-6,14H2,1H3. The highest BCUT2D eigenvalue weighted by molar-refractivity contribution is 7.09. The van der Waals surface area contributed by atoms with Crippen molar-refractivity contribution < 1.29 is 0 Å². The van der Waals surface area contributed by atoms with Gasteiger partial charge in [-0.3, -0.25) is 0 Å². The number of hydrogen-bond donors (Lipinski definition) is 2. The van der Waals surface area contributed by atoms with Crippen molar-refractivity contribution in [2.75, 3.05) is 17.6 Å². The summed E-state index contributed by atoms with van der Waals surface area (Å²) in [5, 5.41) is 7.08. The van der Waals surface area contributed by atoms with Gasteiger partial charge in [0.25, 0.3) is 0 Å². The van der Waals surface area contributed by atoms with Crippen molar-refractivity contribution in [2.24, 2.45) is 0 Å². The molecular formula is C12H14ClN3S. The van der Waals surface area contributed by atoms with Crippen molar-refractivity contribution in [3.8, 4) is 0 Å². The topological polar surface area (TPSA) is 50.9 Å². The van der Waals surface area contributed by atoms with Crippen LogP contribution in [-0.2, 0) is 6.42 Å². The number of nitrogen functional groups attached to an aromatic ring is 1. The highest BCUT2D eigenvalue weighted by Gasteiger charge is 2.04. The average molecular weight is 268 g/mol. The highest BCUT2D eigenvalue weighted by atomic mass is 35.5. The number of halogens is 1. The fourth-order valence-corrected chi connectivity index (χ4v) is 2.56. The molecule has 0 saturated heterocycles. The average Bonchev–Trinajstić information content (AvgIpc) is 2.69. The first-order valence-corrected chi connectivity index (χ1v) is 6.61. The molecule has 0 saturated carbocycles.